The third kappa shape index (κ3) is 1.68. The van der Waals surface area contributed by atoms with E-state index in [4.69, 9.17) is 4.74 Å². The van der Waals surface area contributed by atoms with E-state index in [1.807, 2.05) is 44.2 Å². The van der Waals surface area contributed by atoms with E-state index in [1.54, 1.807) is 7.05 Å². The second kappa shape index (κ2) is 3.32. The van der Waals surface area contributed by atoms with Gasteiger partial charge in [0.25, 0.3) is 0 Å². The molecule has 82 valence electrons. The smallest absolute Gasteiger partial charge is 0.174 e. The highest BCUT2D eigenvalue weighted by Gasteiger charge is 2.55. The average molecular weight is 225 g/mol. The standard InChI is InChI=1S/C11H15NO2S/c1-11(2)10(14-11)15(13,12-3)9-7-5-4-6-8-9/h4-8,10H,1-3H3. The van der Waals surface area contributed by atoms with Crippen LogP contribution in [0, 0.1) is 0 Å². The van der Waals surface area contributed by atoms with Gasteiger partial charge >= 0.3 is 0 Å². The largest absolute Gasteiger partial charge is 0.351 e. The maximum absolute atomic E-state index is 12.6. The minimum Gasteiger partial charge on any atom is -0.351 e. The van der Waals surface area contributed by atoms with Crippen LogP contribution in [0.15, 0.2) is 39.6 Å². The van der Waals surface area contributed by atoms with Gasteiger partial charge in [-0.3, -0.25) is 0 Å². The highest BCUT2D eigenvalue weighted by Crippen LogP contribution is 2.43. The van der Waals surface area contributed by atoms with E-state index in [0.717, 1.165) is 4.90 Å². The minimum absolute atomic E-state index is 0.280. The molecule has 0 aromatic heterocycles. The van der Waals surface area contributed by atoms with E-state index < -0.39 is 9.73 Å². The summed E-state index contributed by atoms with van der Waals surface area (Å²) in [5.41, 5.74) is -0.593. The van der Waals surface area contributed by atoms with Crippen molar-refractivity contribution in [3.63, 3.8) is 0 Å². The predicted octanol–water partition coefficient (Wildman–Crippen LogP) is 2.28. The first-order valence-electron chi connectivity index (χ1n) is 4.88. The van der Waals surface area contributed by atoms with Crippen molar-refractivity contribution in [3.05, 3.63) is 30.3 Å². The van der Waals surface area contributed by atoms with Crippen LogP contribution in [0.5, 0.6) is 0 Å². The van der Waals surface area contributed by atoms with Crippen LogP contribution < -0.4 is 0 Å². The average Bonchev–Trinajstić information content (AvgIpc) is 2.89. The molecule has 1 heterocycles. The Hall–Kier alpha value is -0.870. The fourth-order valence-corrected chi connectivity index (χ4v) is 3.98. The molecule has 1 fully saturated rings. The Balaban J connectivity index is 2.46. The molecule has 1 aromatic carbocycles. The second-order valence-corrected chi connectivity index (χ2v) is 6.52. The Labute approximate surface area is 90.6 Å². The zero-order valence-electron chi connectivity index (χ0n) is 9.14. The van der Waals surface area contributed by atoms with Crippen LogP contribution in [0.2, 0.25) is 0 Å². The molecule has 0 aliphatic carbocycles. The Kier molecular flexibility index (Phi) is 2.35. The molecule has 0 N–H and O–H groups in total. The van der Waals surface area contributed by atoms with Gasteiger partial charge in [-0.1, -0.05) is 18.2 Å². The van der Waals surface area contributed by atoms with Gasteiger partial charge in [-0.25, -0.2) is 8.57 Å². The number of epoxide rings is 1. The van der Waals surface area contributed by atoms with Crippen molar-refractivity contribution in [2.75, 3.05) is 7.05 Å². The van der Waals surface area contributed by atoms with Crippen molar-refractivity contribution in [2.45, 2.75) is 29.8 Å². The summed E-state index contributed by atoms with van der Waals surface area (Å²) in [6, 6.07) is 9.32. The number of ether oxygens (including phenoxy) is 1. The lowest BCUT2D eigenvalue weighted by Gasteiger charge is -2.07. The van der Waals surface area contributed by atoms with E-state index in [9.17, 15) is 4.21 Å². The van der Waals surface area contributed by atoms with Gasteiger partial charge in [-0.15, -0.1) is 0 Å². The highest BCUT2D eigenvalue weighted by atomic mass is 32.2. The molecule has 0 bridgehead atoms. The Morgan fingerprint density at radius 2 is 1.87 bits per heavy atom. The first-order valence-corrected chi connectivity index (χ1v) is 6.45. The Morgan fingerprint density at radius 1 is 1.33 bits per heavy atom. The van der Waals surface area contributed by atoms with Gasteiger partial charge in [0.15, 0.2) is 5.44 Å². The summed E-state index contributed by atoms with van der Waals surface area (Å²) < 4.78 is 22.1. The van der Waals surface area contributed by atoms with Crippen molar-refractivity contribution in [3.8, 4) is 0 Å². The van der Waals surface area contributed by atoms with E-state index in [1.165, 1.54) is 0 Å². The lowest BCUT2D eigenvalue weighted by molar-refractivity contribution is 0.338. The monoisotopic (exact) mass is 225 g/mol. The molecule has 1 aromatic rings. The third-order valence-electron chi connectivity index (χ3n) is 2.56. The number of rotatable bonds is 2. The zero-order chi connectivity index (χ0) is 11.1. The Bertz CT molecular complexity index is 473. The number of nitrogens with zero attached hydrogens (tertiary/aromatic N) is 1. The maximum Gasteiger partial charge on any atom is 0.174 e. The van der Waals surface area contributed by atoms with Crippen LogP contribution in [0.4, 0.5) is 0 Å². The topological polar surface area (TPSA) is 42.0 Å². The lowest BCUT2D eigenvalue weighted by atomic mass is 10.3. The summed E-state index contributed by atoms with van der Waals surface area (Å²) in [7, 11) is -0.826. The third-order valence-corrected chi connectivity index (χ3v) is 5.30. The molecular weight excluding hydrogens is 210 g/mol. The van der Waals surface area contributed by atoms with Crippen LogP contribution in [0.25, 0.3) is 0 Å². The molecule has 3 nitrogen and oxygen atoms in total. The maximum atomic E-state index is 12.6. The first kappa shape index (κ1) is 10.6. The summed E-state index contributed by atoms with van der Waals surface area (Å²) in [5.74, 6) is 0. The van der Waals surface area contributed by atoms with Crippen LogP contribution in [-0.2, 0) is 14.5 Å². The fraction of sp³-hybridized carbons (Fsp3) is 0.455. The van der Waals surface area contributed by atoms with Crippen LogP contribution in [0.3, 0.4) is 0 Å². The summed E-state index contributed by atoms with van der Waals surface area (Å²) in [5, 5.41) is 0. The summed E-state index contributed by atoms with van der Waals surface area (Å²) in [6.07, 6.45) is 0. The summed E-state index contributed by atoms with van der Waals surface area (Å²) >= 11 is 0. The second-order valence-electron chi connectivity index (χ2n) is 4.12. The summed E-state index contributed by atoms with van der Waals surface area (Å²) in [6.45, 7) is 3.87. The van der Waals surface area contributed by atoms with Crippen LogP contribution in [-0.4, -0.2) is 22.3 Å². The lowest BCUT2D eigenvalue weighted by Crippen LogP contribution is -2.15. The van der Waals surface area contributed by atoms with E-state index in [-0.39, 0.29) is 11.0 Å². The van der Waals surface area contributed by atoms with Gasteiger partial charge in [0, 0.05) is 7.05 Å². The van der Waals surface area contributed by atoms with Crippen molar-refractivity contribution in [1.82, 2.24) is 0 Å². The molecule has 1 aliphatic rings. The molecular formula is C11H15NO2S. The van der Waals surface area contributed by atoms with Crippen LogP contribution in [0.1, 0.15) is 13.8 Å². The summed E-state index contributed by atoms with van der Waals surface area (Å²) in [4.78, 5) is 0.753. The van der Waals surface area contributed by atoms with Gasteiger partial charge in [0.1, 0.15) is 15.3 Å². The van der Waals surface area contributed by atoms with Crippen molar-refractivity contribution >= 4 is 9.73 Å². The minimum atomic E-state index is -2.42. The van der Waals surface area contributed by atoms with Gasteiger partial charge in [0.05, 0.1) is 4.90 Å². The molecule has 2 rings (SSSR count). The Morgan fingerprint density at radius 3 is 2.27 bits per heavy atom. The molecule has 15 heavy (non-hydrogen) atoms. The molecule has 1 saturated heterocycles. The van der Waals surface area contributed by atoms with Gasteiger partial charge in [0.2, 0.25) is 0 Å². The molecule has 0 radical (unpaired) electrons. The van der Waals surface area contributed by atoms with E-state index >= 15 is 0 Å². The van der Waals surface area contributed by atoms with Gasteiger partial charge in [-0.2, -0.15) is 0 Å². The molecule has 4 heteroatoms. The first-order chi connectivity index (χ1) is 7.00. The fourth-order valence-electron chi connectivity index (χ4n) is 1.63. The quantitative estimate of drug-likeness (QED) is 0.725. The number of hydrogen-bond acceptors (Lipinski definition) is 3. The highest BCUT2D eigenvalue weighted by molar-refractivity contribution is 7.94. The molecule has 0 spiro atoms. The van der Waals surface area contributed by atoms with Crippen molar-refractivity contribution in [2.24, 2.45) is 4.36 Å². The molecule has 2 atom stereocenters. The van der Waals surface area contributed by atoms with Crippen molar-refractivity contribution < 1.29 is 8.95 Å². The van der Waals surface area contributed by atoms with Crippen molar-refractivity contribution in [1.29, 1.82) is 0 Å². The number of hydrogen-bond donors (Lipinski definition) is 0. The van der Waals surface area contributed by atoms with Gasteiger partial charge < -0.3 is 4.74 Å². The molecule has 0 amide bonds. The zero-order valence-corrected chi connectivity index (χ0v) is 9.95. The molecule has 1 aliphatic heterocycles. The molecule has 0 saturated carbocycles. The normalized spacial score (nSPS) is 26.7. The number of benzene rings is 1. The van der Waals surface area contributed by atoms with Crippen LogP contribution >= 0.6 is 0 Å². The SMILES string of the molecule is CN=S(=O)(c1ccccc1)C1OC1(C)C. The van der Waals surface area contributed by atoms with E-state index in [0.29, 0.717) is 0 Å². The van der Waals surface area contributed by atoms with Gasteiger partial charge in [-0.05, 0) is 26.0 Å². The molecule has 2 unspecified atom stereocenters. The van der Waals surface area contributed by atoms with E-state index in [2.05, 4.69) is 4.36 Å². The predicted molar refractivity (Wildman–Crippen MR) is 60.2 cm³/mol.